The van der Waals surface area contributed by atoms with Crippen LogP contribution in [0.25, 0.3) is 11.0 Å². The van der Waals surface area contributed by atoms with Crippen molar-refractivity contribution in [1.29, 1.82) is 0 Å². The zero-order chi connectivity index (χ0) is 9.80. The molecular weight excluding hydrogens is 231 g/mol. The minimum atomic E-state index is 0. The van der Waals surface area contributed by atoms with Crippen molar-refractivity contribution in [3.63, 3.8) is 0 Å². The predicted molar refractivity (Wildman–Crippen MR) is 59.3 cm³/mol. The van der Waals surface area contributed by atoms with Crippen LogP contribution in [0.1, 0.15) is 26.2 Å². The standard InChI is InChI=1S/C12H16N2.Ni/c1-2-3-6-9-14-10-13-11-7-4-5-8-12(11)14;/h4-5,7-8,10H,2-3,6,9H2,1H3;. The number of hydrogen-bond donors (Lipinski definition) is 0. The van der Waals surface area contributed by atoms with Crippen LogP contribution in [0.3, 0.4) is 0 Å². The average molecular weight is 247 g/mol. The normalized spacial score (nSPS) is 10.2. The quantitative estimate of drug-likeness (QED) is 0.599. The first kappa shape index (κ1) is 12.3. The Bertz CT molecular complexity index is 409. The fourth-order valence-electron chi connectivity index (χ4n) is 1.72. The topological polar surface area (TPSA) is 17.8 Å². The molecule has 3 heteroatoms. The molecule has 0 spiro atoms. The number of rotatable bonds is 4. The molecule has 1 aromatic carbocycles. The van der Waals surface area contributed by atoms with Gasteiger partial charge in [-0.2, -0.15) is 0 Å². The molecule has 0 saturated heterocycles. The van der Waals surface area contributed by atoms with E-state index < -0.39 is 0 Å². The second-order valence-electron chi connectivity index (χ2n) is 3.63. The van der Waals surface area contributed by atoms with Crippen molar-refractivity contribution in [3.05, 3.63) is 30.6 Å². The zero-order valence-corrected chi connectivity index (χ0v) is 9.91. The van der Waals surface area contributed by atoms with Crippen LogP contribution in [-0.2, 0) is 23.0 Å². The van der Waals surface area contributed by atoms with E-state index in [1.54, 1.807) is 0 Å². The molecule has 0 aliphatic carbocycles. The summed E-state index contributed by atoms with van der Waals surface area (Å²) in [6, 6.07) is 8.30. The van der Waals surface area contributed by atoms with Crippen molar-refractivity contribution in [2.75, 3.05) is 0 Å². The molecule has 0 fully saturated rings. The van der Waals surface area contributed by atoms with Crippen molar-refractivity contribution >= 4 is 11.0 Å². The molecular formula is C12H16N2Ni. The Hall–Kier alpha value is -0.816. The van der Waals surface area contributed by atoms with E-state index in [4.69, 9.17) is 0 Å². The van der Waals surface area contributed by atoms with E-state index in [9.17, 15) is 0 Å². The molecule has 15 heavy (non-hydrogen) atoms. The minimum absolute atomic E-state index is 0. The van der Waals surface area contributed by atoms with E-state index in [2.05, 4.69) is 34.7 Å². The summed E-state index contributed by atoms with van der Waals surface area (Å²) < 4.78 is 2.24. The van der Waals surface area contributed by atoms with Crippen molar-refractivity contribution in [2.45, 2.75) is 32.7 Å². The molecule has 0 radical (unpaired) electrons. The van der Waals surface area contributed by atoms with E-state index >= 15 is 0 Å². The Morgan fingerprint density at radius 2 is 2.00 bits per heavy atom. The van der Waals surface area contributed by atoms with Crippen molar-refractivity contribution in [1.82, 2.24) is 9.55 Å². The van der Waals surface area contributed by atoms with E-state index in [0.29, 0.717) is 0 Å². The van der Waals surface area contributed by atoms with Gasteiger partial charge >= 0.3 is 0 Å². The van der Waals surface area contributed by atoms with Crippen LogP contribution in [0.2, 0.25) is 0 Å². The van der Waals surface area contributed by atoms with E-state index in [1.807, 2.05) is 12.4 Å². The molecule has 0 saturated carbocycles. The van der Waals surface area contributed by atoms with Gasteiger partial charge in [-0.1, -0.05) is 31.9 Å². The van der Waals surface area contributed by atoms with Gasteiger partial charge in [-0.25, -0.2) is 4.98 Å². The van der Waals surface area contributed by atoms with Crippen LogP contribution in [0, 0.1) is 0 Å². The van der Waals surface area contributed by atoms with E-state index in [1.165, 1.54) is 24.8 Å². The van der Waals surface area contributed by atoms with E-state index in [-0.39, 0.29) is 16.5 Å². The molecule has 0 atom stereocenters. The summed E-state index contributed by atoms with van der Waals surface area (Å²) in [5.74, 6) is 0. The molecule has 0 unspecified atom stereocenters. The number of imidazole rings is 1. The fourth-order valence-corrected chi connectivity index (χ4v) is 1.72. The van der Waals surface area contributed by atoms with Gasteiger partial charge in [0.25, 0.3) is 0 Å². The van der Waals surface area contributed by atoms with Gasteiger partial charge in [0, 0.05) is 23.0 Å². The third kappa shape index (κ3) is 2.82. The van der Waals surface area contributed by atoms with Gasteiger partial charge in [-0.3, -0.25) is 0 Å². The first-order valence-corrected chi connectivity index (χ1v) is 5.31. The summed E-state index contributed by atoms with van der Waals surface area (Å²) in [5.41, 5.74) is 2.35. The summed E-state index contributed by atoms with van der Waals surface area (Å²) in [6.45, 7) is 3.32. The molecule has 2 aromatic rings. The molecule has 0 aliphatic heterocycles. The van der Waals surface area contributed by atoms with Gasteiger partial charge < -0.3 is 4.57 Å². The van der Waals surface area contributed by atoms with Crippen LogP contribution >= 0.6 is 0 Å². The number of nitrogens with zero attached hydrogens (tertiary/aromatic N) is 2. The maximum atomic E-state index is 4.36. The third-order valence-electron chi connectivity index (χ3n) is 2.53. The predicted octanol–water partition coefficient (Wildman–Crippen LogP) is 3.22. The minimum Gasteiger partial charge on any atom is -0.331 e. The van der Waals surface area contributed by atoms with Gasteiger partial charge in [-0.05, 0) is 18.6 Å². The largest absolute Gasteiger partial charge is 0.331 e. The van der Waals surface area contributed by atoms with Gasteiger partial charge in [0.15, 0.2) is 0 Å². The molecule has 2 rings (SSSR count). The molecule has 0 bridgehead atoms. The van der Waals surface area contributed by atoms with Crippen LogP contribution in [0.4, 0.5) is 0 Å². The number of aryl methyl sites for hydroxylation is 1. The molecule has 2 nitrogen and oxygen atoms in total. The summed E-state index contributed by atoms with van der Waals surface area (Å²) in [5, 5.41) is 0. The Kier molecular flexibility index (Phi) is 4.84. The summed E-state index contributed by atoms with van der Waals surface area (Å²) in [7, 11) is 0. The van der Waals surface area contributed by atoms with Crippen LogP contribution in [0.15, 0.2) is 30.6 Å². The number of unbranched alkanes of at least 4 members (excludes halogenated alkanes) is 2. The number of hydrogen-bond acceptors (Lipinski definition) is 1. The fraction of sp³-hybridized carbons (Fsp3) is 0.417. The van der Waals surface area contributed by atoms with Crippen molar-refractivity contribution < 1.29 is 16.5 Å². The molecule has 84 valence electrons. The Morgan fingerprint density at radius 1 is 1.20 bits per heavy atom. The molecule has 0 N–H and O–H groups in total. The molecule has 1 aromatic heterocycles. The molecule has 0 aliphatic rings. The Labute approximate surface area is 101 Å². The number of aromatic nitrogens is 2. The third-order valence-corrected chi connectivity index (χ3v) is 2.53. The SMILES string of the molecule is CCCCCn1cnc2ccccc21.[Ni]. The Morgan fingerprint density at radius 3 is 2.80 bits per heavy atom. The van der Waals surface area contributed by atoms with Gasteiger partial charge in [-0.15, -0.1) is 0 Å². The van der Waals surface area contributed by atoms with Crippen molar-refractivity contribution in [2.24, 2.45) is 0 Å². The van der Waals surface area contributed by atoms with Crippen LogP contribution in [0.5, 0.6) is 0 Å². The monoisotopic (exact) mass is 246 g/mol. The number of fused-ring (bicyclic) bond motifs is 1. The van der Waals surface area contributed by atoms with Crippen LogP contribution < -0.4 is 0 Å². The number of benzene rings is 1. The zero-order valence-electron chi connectivity index (χ0n) is 8.93. The summed E-state index contributed by atoms with van der Waals surface area (Å²) in [6.07, 6.45) is 5.76. The van der Waals surface area contributed by atoms with Gasteiger partial charge in [0.05, 0.1) is 17.4 Å². The smallest absolute Gasteiger partial charge is 0.0958 e. The van der Waals surface area contributed by atoms with E-state index in [0.717, 1.165) is 12.1 Å². The molecule has 0 amide bonds. The maximum Gasteiger partial charge on any atom is 0.0958 e. The first-order valence-electron chi connectivity index (χ1n) is 5.31. The van der Waals surface area contributed by atoms with Gasteiger partial charge in [0.1, 0.15) is 0 Å². The maximum absolute atomic E-state index is 4.36. The Balaban J connectivity index is 0.00000112. The molecule has 1 heterocycles. The van der Waals surface area contributed by atoms with Crippen LogP contribution in [-0.4, -0.2) is 9.55 Å². The van der Waals surface area contributed by atoms with Crippen molar-refractivity contribution in [3.8, 4) is 0 Å². The number of para-hydroxylation sites is 2. The second-order valence-corrected chi connectivity index (χ2v) is 3.63. The average Bonchev–Trinajstić information content (AvgIpc) is 2.63. The summed E-state index contributed by atoms with van der Waals surface area (Å²) in [4.78, 5) is 4.36. The second kappa shape index (κ2) is 5.92. The first-order chi connectivity index (χ1) is 6.92. The van der Waals surface area contributed by atoms with Gasteiger partial charge in [0.2, 0.25) is 0 Å². The summed E-state index contributed by atoms with van der Waals surface area (Å²) >= 11 is 0.